The maximum atomic E-state index is 15.0. The van der Waals surface area contributed by atoms with Crippen LogP contribution in [0.3, 0.4) is 0 Å². The summed E-state index contributed by atoms with van der Waals surface area (Å²) in [5.41, 5.74) is 0.116. The van der Waals surface area contributed by atoms with Crippen LogP contribution in [-0.2, 0) is 57.0 Å². The van der Waals surface area contributed by atoms with E-state index in [-0.39, 0.29) is 47.0 Å². The zero-order chi connectivity index (χ0) is 64.2. The highest BCUT2D eigenvalue weighted by Gasteiger charge is 2.42. The first kappa shape index (κ1) is 71.3. The van der Waals surface area contributed by atoms with Crippen molar-refractivity contribution in [3.05, 3.63) is 202 Å². The van der Waals surface area contributed by atoms with E-state index >= 15 is 8.78 Å². The maximum absolute atomic E-state index is 15.0. The van der Waals surface area contributed by atoms with E-state index in [0.29, 0.717) is 91.9 Å². The van der Waals surface area contributed by atoms with E-state index in [1.54, 1.807) is 50.2 Å². The Morgan fingerprint density at radius 2 is 0.670 bits per heavy atom. The number of aliphatic hydroxyl groups is 2. The fourth-order valence-corrected chi connectivity index (χ4v) is 9.49. The summed E-state index contributed by atoms with van der Waals surface area (Å²) in [6.45, 7) is 11.1. The van der Waals surface area contributed by atoms with E-state index in [2.05, 4.69) is 17.9 Å². The fourth-order valence-electron chi connectivity index (χ4n) is 9.49. The second-order valence-corrected chi connectivity index (χ2v) is 21.7. The second kappa shape index (κ2) is 36.1. The highest BCUT2D eigenvalue weighted by Crippen LogP contribution is 2.40. The van der Waals surface area contributed by atoms with Crippen molar-refractivity contribution in [3.63, 3.8) is 0 Å². The van der Waals surface area contributed by atoms with E-state index in [4.69, 9.17) is 24.4 Å². The maximum Gasteiger partial charge on any atom is 0.432 e. The van der Waals surface area contributed by atoms with Gasteiger partial charge in [-0.05, 0) is 185 Å². The van der Waals surface area contributed by atoms with Gasteiger partial charge in [-0.25, -0.2) is 35.9 Å². The van der Waals surface area contributed by atoms with Crippen molar-refractivity contribution < 1.29 is 82.7 Å². The number of alkyl halides is 4. The Kier molecular flexibility index (Phi) is 29.3. The molecule has 8 nitrogen and oxygen atoms in total. The Balaban J connectivity index is 0.000000329. The van der Waals surface area contributed by atoms with Crippen molar-refractivity contribution in [2.75, 3.05) is 26.4 Å². The van der Waals surface area contributed by atoms with Gasteiger partial charge in [0.1, 0.15) is 57.5 Å². The van der Waals surface area contributed by atoms with E-state index in [1.165, 1.54) is 48.5 Å². The third kappa shape index (κ3) is 23.3. The molecule has 6 aromatic rings. The number of carbonyl (C=O) groups is 2. The van der Waals surface area contributed by atoms with Crippen molar-refractivity contribution in [2.24, 2.45) is 0 Å². The molecule has 88 heavy (non-hydrogen) atoms. The van der Waals surface area contributed by atoms with Gasteiger partial charge < -0.3 is 29.2 Å². The summed E-state index contributed by atoms with van der Waals surface area (Å²) < 4.78 is 169. The number of unbranched alkanes of at least 4 members (excludes halogenated alkanes) is 12. The summed E-state index contributed by atoms with van der Waals surface area (Å²) in [7, 11) is 0. The molecule has 0 saturated carbocycles. The van der Waals surface area contributed by atoms with Gasteiger partial charge in [-0.2, -0.15) is 17.6 Å². The molecule has 0 radical (unpaired) electrons. The standard InChI is InChI=1S/C39H43F5O5.C31H35F5O3/c1-26(2)37(45)47-21-11-7-5-9-13-28-15-18-31(19-16-28)49-39(43,44)36-34(41)24-30(25-35(36)42)32-20-17-29(23-33(32)40)14-10-6-8-12-22-48-38(46)27(3)4;32-27-19-23(10-6-2-4-8-18-38)13-16-26(27)24-20-28(33)30(29(34)21-24)31(35,36)39-25-14-11-22(12-15-25)9-5-1-3-7-17-37/h15-20,23-25H,1,3,5-14,21-22H2,2,4H3;11-16,19-21,37-38H,1-10,17-18H2. The Hall–Kier alpha value is -7.44. The first-order valence-electron chi connectivity index (χ1n) is 29.8. The number of halogens is 10. The lowest BCUT2D eigenvalue weighted by Gasteiger charge is -2.20. The zero-order valence-electron chi connectivity index (χ0n) is 49.9. The number of hydrogen-bond acceptors (Lipinski definition) is 8. The molecule has 6 rings (SSSR count). The van der Waals surface area contributed by atoms with E-state index in [1.807, 2.05) is 0 Å². The van der Waals surface area contributed by atoms with Gasteiger partial charge in [0.2, 0.25) is 0 Å². The van der Waals surface area contributed by atoms with Crippen LogP contribution >= 0.6 is 0 Å². The Bertz CT molecular complexity index is 3160. The Morgan fingerprint density at radius 3 is 0.966 bits per heavy atom. The van der Waals surface area contributed by atoms with Crippen molar-refractivity contribution in [3.8, 4) is 33.8 Å². The van der Waals surface area contributed by atoms with Gasteiger partial charge in [0.05, 0.1) is 13.2 Å². The lowest BCUT2D eigenvalue weighted by atomic mass is 9.98. The minimum atomic E-state index is -4.34. The zero-order valence-corrected chi connectivity index (χ0v) is 49.9. The molecule has 0 spiro atoms. The average molecular weight is 1240 g/mol. The van der Waals surface area contributed by atoms with Crippen LogP contribution < -0.4 is 9.47 Å². The lowest BCUT2D eigenvalue weighted by Crippen LogP contribution is -2.25. The van der Waals surface area contributed by atoms with Gasteiger partial charge in [0.15, 0.2) is 0 Å². The number of carbonyl (C=O) groups excluding carboxylic acids is 2. The number of aliphatic hydroxyl groups excluding tert-OH is 2. The first-order chi connectivity index (χ1) is 42.0. The van der Waals surface area contributed by atoms with Crippen molar-refractivity contribution in [2.45, 2.75) is 154 Å². The summed E-state index contributed by atoms with van der Waals surface area (Å²) in [5.74, 6) is -9.00. The monoisotopic (exact) mass is 1240 g/mol. The van der Waals surface area contributed by atoms with Crippen LogP contribution in [0.2, 0.25) is 0 Å². The van der Waals surface area contributed by atoms with Crippen molar-refractivity contribution in [1.82, 2.24) is 0 Å². The van der Waals surface area contributed by atoms with Crippen molar-refractivity contribution in [1.29, 1.82) is 0 Å². The minimum absolute atomic E-state index is 0.0976. The average Bonchev–Trinajstić information content (AvgIpc) is 0.912. The summed E-state index contributed by atoms with van der Waals surface area (Å²) in [5, 5.41) is 17.6. The number of ether oxygens (including phenoxy) is 4. The molecule has 0 saturated heterocycles. The van der Waals surface area contributed by atoms with Gasteiger partial charge >= 0.3 is 24.2 Å². The predicted molar refractivity (Wildman–Crippen MR) is 320 cm³/mol. The SMILES string of the molecule is C=C(C)C(=O)OCCCCCCc1ccc(OC(F)(F)c2c(F)cc(-c3ccc(CCCCCCOC(=O)C(=C)C)cc3F)cc2F)cc1.OCCCCCCc1ccc(OC(F)(F)c2c(F)cc(-c3ccc(CCCCCCO)cc3F)cc2F)cc1. The molecule has 0 aromatic heterocycles. The molecular weight excluding hydrogens is 1160 g/mol. The molecule has 0 fully saturated rings. The topological polar surface area (TPSA) is 112 Å². The third-order valence-corrected chi connectivity index (χ3v) is 14.3. The smallest absolute Gasteiger partial charge is 0.432 e. The molecule has 0 atom stereocenters. The van der Waals surface area contributed by atoms with Crippen LogP contribution in [0.25, 0.3) is 22.3 Å². The van der Waals surface area contributed by atoms with Crippen LogP contribution in [0.5, 0.6) is 11.5 Å². The number of benzene rings is 6. The first-order valence-corrected chi connectivity index (χ1v) is 29.8. The van der Waals surface area contributed by atoms with Crippen LogP contribution in [0, 0.1) is 34.9 Å². The molecule has 18 heteroatoms. The summed E-state index contributed by atoms with van der Waals surface area (Å²) in [6.07, 6.45) is 7.05. The molecule has 0 heterocycles. The molecule has 0 aliphatic heterocycles. The largest absolute Gasteiger partial charge is 0.462 e. The Morgan fingerprint density at radius 1 is 0.386 bits per heavy atom. The van der Waals surface area contributed by atoms with Crippen LogP contribution in [-0.4, -0.2) is 48.6 Å². The number of hydrogen-bond donors (Lipinski definition) is 2. The van der Waals surface area contributed by atoms with Crippen molar-refractivity contribution >= 4 is 11.9 Å². The molecule has 0 unspecified atom stereocenters. The van der Waals surface area contributed by atoms with Gasteiger partial charge in [0, 0.05) is 35.5 Å². The van der Waals surface area contributed by atoms with E-state index in [9.17, 15) is 44.7 Å². The molecular formula is C70H78F10O8. The fraction of sp³-hybridized carbons (Fsp3) is 0.400. The molecule has 6 aromatic carbocycles. The van der Waals surface area contributed by atoms with Crippen LogP contribution in [0.4, 0.5) is 43.9 Å². The number of aryl methyl sites for hydroxylation is 4. The van der Waals surface area contributed by atoms with Crippen LogP contribution in [0.1, 0.15) is 150 Å². The highest BCUT2D eigenvalue weighted by atomic mass is 19.3. The summed E-state index contributed by atoms with van der Waals surface area (Å²) in [6, 6.07) is 23.0. The lowest BCUT2D eigenvalue weighted by molar-refractivity contribution is -0.190. The number of rotatable bonds is 36. The predicted octanol–water partition coefficient (Wildman–Crippen LogP) is 18.4. The minimum Gasteiger partial charge on any atom is -0.462 e. The molecule has 0 amide bonds. The third-order valence-electron chi connectivity index (χ3n) is 14.3. The van der Waals surface area contributed by atoms with Gasteiger partial charge in [0.25, 0.3) is 0 Å². The second-order valence-electron chi connectivity index (χ2n) is 21.7. The molecule has 0 bridgehead atoms. The molecule has 0 aliphatic rings. The van der Waals surface area contributed by atoms with Gasteiger partial charge in [-0.1, -0.05) is 113 Å². The quantitative estimate of drug-likeness (QED) is 0.0173. The van der Waals surface area contributed by atoms with Crippen LogP contribution in [0.15, 0.2) is 133 Å². The van der Waals surface area contributed by atoms with E-state index < -0.39 is 70.2 Å². The normalized spacial score (nSPS) is 11.4. The molecule has 476 valence electrons. The molecule has 0 aliphatic carbocycles. The highest BCUT2D eigenvalue weighted by molar-refractivity contribution is 5.87. The Labute approximate surface area is 509 Å². The van der Waals surface area contributed by atoms with Gasteiger partial charge in [-0.15, -0.1) is 0 Å². The van der Waals surface area contributed by atoms with E-state index in [0.717, 1.165) is 107 Å². The summed E-state index contributed by atoms with van der Waals surface area (Å²) in [4.78, 5) is 22.7. The molecule has 2 N–H and O–H groups in total. The number of esters is 2. The summed E-state index contributed by atoms with van der Waals surface area (Å²) >= 11 is 0. The van der Waals surface area contributed by atoms with Gasteiger partial charge in [-0.3, -0.25) is 0 Å².